The molecule has 0 aromatic rings. The van der Waals surface area contributed by atoms with E-state index in [0.29, 0.717) is 5.41 Å². The molecular weight excluding hydrogens is 516 g/mol. The van der Waals surface area contributed by atoms with Crippen molar-refractivity contribution in [3.63, 3.8) is 0 Å². The van der Waals surface area contributed by atoms with Crippen LogP contribution in [0.15, 0.2) is 11.6 Å². The monoisotopic (exact) mass is 572 g/mol. The first-order chi connectivity index (χ1) is 19.4. The maximum atomic E-state index is 12.5. The highest BCUT2D eigenvalue weighted by Gasteiger charge is 2.59. The number of carbonyl (C=O) groups is 3. The van der Waals surface area contributed by atoms with Gasteiger partial charge in [0.15, 0.2) is 0 Å². The summed E-state index contributed by atoms with van der Waals surface area (Å²) in [6.45, 7) is 12.5. The van der Waals surface area contributed by atoms with Gasteiger partial charge in [-0.1, -0.05) is 65.5 Å². The highest BCUT2D eigenvalue weighted by molar-refractivity contribution is 5.80. The van der Waals surface area contributed by atoms with Crippen LogP contribution in [-0.4, -0.2) is 42.3 Å². The lowest BCUT2D eigenvalue weighted by atomic mass is 9.47. The molecule has 8 atom stereocenters. The molecule has 3 fully saturated rings. The first kappa shape index (κ1) is 32.0. The number of allylic oxidation sites excluding steroid dienone is 1. The Morgan fingerprint density at radius 1 is 1.02 bits per heavy atom. The topological polar surface area (TPSA) is 105 Å². The van der Waals surface area contributed by atoms with Crippen LogP contribution < -0.4 is 10.6 Å². The number of carboxylic acids is 1. The quantitative estimate of drug-likeness (QED) is 0.101. The average molecular weight is 573 g/mol. The van der Waals surface area contributed by atoms with Crippen LogP contribution in [0.25, 0.3) is 0 Å². The Balaban J connectivity index is 1.27. The van der Waals surface area contributed by atoms with Gasteiger partial charge in [0.05, 0.1) is 19.6 Å². The highest BCUT2D eigenvalue weighted by Crippen LogP contribution is 2.67. The third kappa shape index (κ3) is 7.37. The van der Waals surface area contributed by atoms with Gasteiger partial charge in [0.1, 0.15) is 6.10 Å². The Kier molecular flexibility index (Phi) is 10.6. The molecule has 0 bridgehead atoms. The molecule has 7 nitrogen and oxygen atoms in total. The molecule has 0 saturated heterocycles. The first-order valence-corrected chi connectivity index (χ1v) is 16.5. The van der Waals surface area contributed by atoms with E-state index in [1.165, 1.54) is 56.9 Å². The first-order valence-electron chi connectivity index (χ1n) is 16.5. The van der Waals surface area contributed by atoms with Crippen LogP contribution in [0.3, 0.4) is 0 Å². The summed E-state index contributed by atoms with van der Waals surface area (Å²) in [6.07, 6.45) is 15.9. The third-order valence-electron chi connectivity index (χ3n) is 11.8. The number of carbonyl (C=O) groups excluding carboxylic acids is 2. The second-order valence-corrected chi connectivity index (χ2v) is 14.7. The maximum Gasteiger partial charge on any atom is 0.320 e. The van der Waals surface area contributed by atoms with Gasteiger partial charge in [-0.05, 0) is 91.3 Å². The molecule has 4 aliphatic carbocycles. The zero-order valence-electron chi connectivity index (χ0n) is 26.3. The number of aliphatic carboxylic acids is 1. The van der Waals surface area contributed by atoms with E-state index in [4.69, 9.17) is 9.84 Å². The Morgan fingerprint density at radius 3 is 2.54 bits per heavy atom. The van der Waals surface area contributed by atoms with Crippen molar-refractivity contribution in [3.05, 3.63) is 11.6 Å². The molecule has 0 heterocycles. The molecule has 0 aromatic carbocycles. The van der Waals surface area contributed by atoms with E-state index in [1.807, 2.05) is 0 Å². The minimum atomic E-state index is -1.00. The summed E-state index contributed by atoms with van der Waals surface area (Å²) in [6, 6.07) is 0. The number of amides is 1. The number of hydrogen-bond donors (Lipinski definition) is 3. The second-order valence-electron chi connectivity index (χ2n) is 14.7. The minimum Gasteiger partial charge on any atom is -0.481 e. The van der Waals surface area contributed by atoms with Crippen molar-refractivity contribution in [2.75, 3.05) is 13.2 Å². The Morgan fingerprint density at radius 2 is 1.80 bits per heavy atom. The number of nitrogens with one attached hydrogen (secondary N) is 2. The second kappa shape index (κ2) is 13.6. The molecule has 0 aliphatic heterocycles. The lowest BCUT2D eigenvalue weighted by Crippen LogP contribution is -2.51. The van der Waals surface area contributed by atoms with Gasteiger partial charge < -0.3 is 15.2 Å². The average Bonchev–Trinajstić information content (AvgIpc) is 3.27. The molecule has 4 aliphatic rings. The zero-order valence-corrected chi connectivity index (χ0v) is 26.3. The molecule has 0 radical (unpaired) electrons. The summed E-state index contributed by atoms with van der Waals surface area (Å²) < 4.78 is 5.85. The Bertz CT molecular complexity index is 978. The summed E-state index contributed by atoms with van der Waals surface area (Å²) in [7, 11) is 0. The van der Waals surface area contributed by atoms with Crippen LogP contribution in [-0.2, 0) is 19.1 Å². The van der Waals surface area contributed by atoms with Crippen LogP contribution in [0.4, 0.5) is 0 Å². The lowest BCUT2D eigenvalue weighted by Gasteiger charge is -2.58. The van der Waals surface area contributed by atoms with E-state index < -0.39 is 5.97 Å². The van der Waals surface area contributed by atoms with Crippen LogP contribution in [0, 0.1) is 46.3 Å². The van der Waals surface area contributed by atoms with Crippen molar-refractivity contribution in [1.82, 2.24) is 10.6 Å². The number of fused-ring (bicyclic) bond motifs is 5. The van der Waals surface area contributed by atoms with Gasteiger partial charge in [-0.3, -0.25) is 19.7 Å². The molecule has 4 rings (SSSR count). The van der Waals surface area contributed by atoms with Crippen molar-refractivity contribution >= 4 is 17.8 Å². The van der Waals surface area contributed by atoms with Crippen molar-refractivity contribution < 1.29 is 24.2 Å². The minimum absolute atomic E-state index is 0.0219. The van der Waals surface area contributed by atoms with Gasteiger partial charge in [0.25, 0.3) is 0 Å². The van der Waals surface area contributed by atoms with E-state index in [9.17, 15) is 14.4 Å². The number of rotatable bonds is 13. The van der Waals surface area contributed by atoms with Gasteiger partial charge in [-0.25, -0.2) is 0 Å². The molecule has 0 aromatic heterocycles. The number of ether oxygens (including phenoxy) is 1. The molecule has 0 unspecified atom stereocenters. The number of carboxylic acid groups (broad SMARTS) is 1. The number of esters is 1. The Labute approximate surface area is 248 Å². The summed E-state index contributed by atoms with van der Waals surface area (Å²) in [5.74, 6) is 3.24. The Hall–Kier alpha value is -1.89. The predicted molar refractivity (Wildman–Crippen MR) is 161 cm³/mol. The van der Waals surface area contributed by atoms with Gasteiger partial charge in [0, 0.05) is 12.8 Å². The maximum absolute atomic E-state index is 12.5. The number of hydrogen-bond acceptors (Lipinski definition) is 5. The molecule has 3 N–H and O–H groups in total. The van der Waals surface area contributed by atoms with E-state index in [0.717, 1.165) is 54.8 Å². The van der Waals surface area contributed by atoms with Crippen molar-refractivity contribution in [3.8, 4) is 0 Å². The van der Waals surface area contributed by atoms with Crippen LogP contribution in [0.1, 0.15) is 118 Å². The van der Waals surface area contributed by atoms with E-state index >= 15 is 0 Å². The fourth-order valence-corrected chi connectivity index (χ4v) is 9.61. The molecular formula is C34H56N2O5. The zero-order chi connectivity index (χ0) is 29.8. The lowest BCUT2D eigenvalue weighted by molar-refractivity contribution is -0.150. The fraction of sp³-hybridized carbons (Fsp3) is 0.853. The SMILES string of the molecule is CC(C)CCC[C@@H](C)[C@H]1CC[C@H]2[C@@H]3CC=C4C[C@@H](OC(=O)CNCNC(=O)CCC(=O)O)CC[C@]4(C)[C@H]3CC[C@]12C. The molecule has 3 saturated carbocycles. The van der Waals surface area contributed by atoms with Gasteiger partial charge in [0.2, 0.25) is 5.91 Å². The largest absolute Gasteiger partial charge is 0.481 e. The smallest absolute Gasteiger partial charge is 0.320 e. The van der Waals surface area contributed by atoms with E-state index in [1.54, 1.807) is 0 Å². The standard InChI is InChI=1S/C34H56N2O5/c1-22(2)7-6-8-23(3)27-11-12-28-26-10-9-24-19-25(15-17-33(24,4)29(26)16-18-34(27,28)5)41-32(40)20-35-21-36-30(37)13-14-31(38)39/h9,22-23,25-29,35H,6-8,10-21H2,1-5H3,(H,36,37)(H,38,39)/t23-,25+,26+,27-,28+,29+,33+,34-/m1/s1. The van der Waals surface area contributed by atoms with Crippen molar-refractivity contribution in [1.29, 1.82) is 0 Å². The summed E-state index contributed by atoms with van der Waals surface area (Å²) in [5.41, 5.74) is 2.24. The summed E-state index contributed by atoms with van der Waals surface area (Å²) in [4.78, 5) is 34.7. The van der Waals surface area contributed by atoms with Crippen molar-refractivity contribution in [2.24, 2.45) is 46.3 Å². The highest BCUT2D eigenvalue weighted by atomic mass is 16.5. The van der Waals surface area contributed by atoms with E-state index in [-0.39, 0.29) is 49.5 Å². The van der Waals surface area contributed by atoms with Gasteiger partial charge in [-0.2, -0.15) is 0 Å². The summed E-state index contributed by atoms with van der Waals surface area (Å²) >= 11 is 0. The third-order valence-corrected chi connectivity index (χ3v) is 11.8. The fourth-order valence-electron chi connectivity index (χ4n) is 9.61. The normalized spacial score (nSPS) is 35.1. The molecule has 41 heavy (non-hydrogen) atoms. The summed E-state index contributed by atoms with van der Waals surface area (Å²) in [5, 5.41) is 14.1. The molecule has 7 heteroatoms. The molecule has 232 valence electrons. The van der Waals surface area contributed by atoms with E-state index in [2.05, 4.69) is 51.3 Å². The van der Waals surface area contributed by atoms with Crippen molar-refractivity contribution in [2.45, 2.75) is 124 Å². The molecule has 1 amide bonds. The van der Waals surface area contributed by atoms with Crippen LogP contribution in [0.2, 0.25) is 0 Å². The van der Waals surface area contributed by atoms with Gasteiger partial charge in [-0.15, -0.1) is 0 Å². The van der Waals surface area contributed by atoms with Crippen LogP contribution >= 0.6 is 0 Å². The van der Waals surface area contributed by atoms with Gasteiger partial charge >= 0.3 is 11.9 Å². The molecule has 0 spiro atoms. The predicted octanol–water partition coefficient (Wildman–Crippen LogP) is 6.47. The van der Waals surface area contributed by atoms with Crippen LogP contribution in [0.5, 0.6) is 0 Å².